The van der Waals surface area contributed by atoms with Crippen LogP contribution in [0.25, 0.3) is 10.8 Å². The highest BCUT2D eigenvalue weighted by molar-refractivity contribution is 6.31. The van der Waals surface area contributed by atoms with Gasteiger partial charge in [0.2, 0.25) is 0 Å². The number of nitrogens with zero attached hydrogens (tertiary/aromatic N) is 5. The van der Waals surface area contributed by atoms with Gasteiger partial charge in [-0.05, 0) is 30.5 Å². The summed E-state index contributed by atoms with van der Waals surface area (Å²) in [6.07, 6.45) is 3.41. The molecule has 2 N–H and O–H groups in total. The van der Waals surface area contributed by atoms with E-state index in [0.29, 0.717) is 23.9 Å². The van der Waals surface area contributed by atoms with Gasteiger partial charge in [0.1, 0.15) is 18.0 Å². The van der Waals surface area contributed by atoms with Crippen LogP contribution in [0.4, 0.5) is 20.7 Å². The molecule has 1 atom stereocenters. The maximum atomic E-state index is 13.4. The Morgan fingerprint density at radius 1 is 1.21 bits per heavy atom. The second-order valence-corrected chi connectivity index (χ2v) is 8.05. The first-order valence-corrected chi connectivity index (χ1v) is 10.7. The van der Waals surface area contributed by atoms with Crippen molar-refractivity contribution in [2.24, 2.45) is 7.05 Å². The van der Waals surface area contributed by atoms with Gasteiger partial charge in [0.15, 0.2) is 5.82 Å². The fraction of sp³-hybridized carbons (Fsp3) is 0.217. The van der Waals surface area contributed by atoms with Crippen molar-refractivity contribution in [2.45, 2.75) is 19.5 Å². The molecule has 0 aliphatic carbocycles. The highest BCUT2D eigenvalue weighted by Gasteiger charge is 2.21. The van der Waals surface area contributed by atoms with Crippen LogP contribution in [0, 0.1) is 5.82 Å². The Hall–Kier alpha value is -3.72. The summed E-state index contributed by atoms with van der Waals surface area (Å²) in [6.45, 7) is 2.36. The van der Waals surface area contributed by atoms with E-state index in [1.165, 1.54) is 18.2 Å². The third kappa shape index (κ3) is 4.88. The lowest BCUT2D eigenvalue weighted by molar-refractivity contribution is 0.208. The second-order valence-electron chi connectivity index (χ2n) is 7.64. The number of fused-ring (bicyclic) bond motifs is 1. The lowest BCUT2D eigenvalue weighted by Crippen LogP contribution is -2.33. The van der Waals surface area contributed by atoms with Gasteiger partial charge >= 0.3 is 6.03 Å². The summed E-state index contributed by atoms with van der Waals surface area (Å²) in [5.41, 5.74) is 1.30. The Balaban J connectivity index is 1.55. The molecule has 2 aromatic heterocycles. The van der Waals surface area contributed by atoms with Crippen molar-refractivity contribution >= 4 is 39.9 Å². The Bertz CT molecular complexity index is 1310. The van der Waals surface area contributed by atoms with Crippen LogP contribution in [0.3, 0.4) is 0 Å². The molecular formula is C23H23ClFN7O. The molecule has 0 bridgehead atoms. The molecule has 0 saturated carbocycles. The molecule has 1 unspecified atom stereocenters. The number of aryl methyl sites for hydroxylation is 1. The summed E-state index contributed by atoms with van der Waals surface area (Å²) in [4.78, 5) is 23.2. The SMILES string of the molecule is CC(c1cnc(NCc2ncn(C)n2)c2ccccc12)N(C)C(=O)Nc1ccc(F)c(Cl)c1. The van der Waals surface area contributed by atoms with Gasteiger partial charge in [0, 0.05) is 36.9 Å². The van der Waals surface area contributed by atoms with Crippen molar-refractivity contribution in [3.8, 4) is 0 Å². The number of hydrogen-bond donors (Lipinski definition) is 2. The van der Waals surface area contributed by atoms with E-state index in [1.807, 2.05) is 38.2 Å². The number of benzene rings is 2. The van der Waals surface area contributed by atoms with Crippen molar-refractivity contribution in [1.82, 2.24) is 24.6 Å². The Morgan fingerprint density at radius 2 is 1.97 bits per heavy atom. The molecule has 33 heavy (non-hydrogen) atoms. The molecule has 0 spiro atoms. The molecule has 4 aromatic rings. The van der Waals surface area contributed by atoms with Crippen molar-refractivity contribution in [1.29, 1.82) is 0 Å². The summed E-state index contributed by atoms with van der Waals surface area (Å²) in [7, 11) is 3.51. The molecule has 0 saturated heterocycles. The molecule has 10 heteroatoms. The van der Waals surface area contributed by atoms with Crippen molar-refractivity contribution in [3.05, 3.63) is 77.2 Å². The first kappa shape index (κ1) is 22.5. The predicted octanol–water partition coefficient (Wildman–Crippen LogP) is 4.99. The number of urea groups is 1. The van der Waals surface area contributed by atoms with Crippen molar-refractivity contribution < 1.29 is 9.18 Å². The van der Waals surface area contributed by atoms with Gasteiger partial charge in [-0.25, -0.2) is 19.2 Å². The quantitative estimate of drug-likeness (QED) is 0.417. The van der Waals surface area contributed by atoms with Crippen LogP contribution in [-0.4, -0.2) is 37.7 Å². The number of pyridine rings is 1. The number of amides is 2. The molecule has 8 nitrogen and oxygen atoms in total. The molecular weight excluding hydrogens is 445 g/mol. The first-order valence-electron chi connectivity index (χ1n) is 10.3. The standard InChI is InChI=1S/C23H23ClFN7O/c1-14(32(3)23(33)29-15-8-9-20(25)19(24)10-15)18-11-26-22(17-7-5-4-6-16(17)18)27-12-21-28-13-31(2)30-21/h4-11,13-14H,12H2,1-3H3,(H,26,27)(H,29,33). The zero-order valence-corrected chi connectivity index (χ0v) is 19.1. The smallest absolute Gasteiger partial charge is 0.322 e. The molecule has 2 aromatic carbocycles. The lowest BCUT2D eigenvalue weighted by atomic mass is 10.0. The molecule has 0 fully saturated rings. The number of halogens is 2. The maximum absolute atomic E-state index is 13.4. The minimum absolute atomic E-state index is 0.0531. The molecule has 0 radical (unpaired) electrons. The van der Waals surface area contributed by atoms with E-state index in [0.717, 1.165) is 16.3 Å². The molecule has 170 valence electrons. The van der Waals surface area contributed by atoms with E-state index in [1.54, 1.807) is 29.2 Å². The summed E-state index contributed by atoms with van der Waals surface area (Å²) < 4.78 is 15.0. The van der Waals surface area contributed by atoms with Gasteiger partial charge in [0.05, 0.1) is 17.6 Å². The zero-order valence-electron chi connectivity index (χ0n) is 18.4. The third-order valence-corrected chi connectivity index (χ3v) is 5.70. The minimum Gasteiger partial charge on any atom is -0.362 e. The Labute approximate surface area is 195 Å². The highest BCUT2D eigenvalue weighted by Crippen LogP contribution is 2.31. The number of hydrogen-bond acceptors (Lipinski definition) is 5. The van der Waals surface area contributed by atoms with Gasteiger partial charge in [0.25, 0.3) is 0 Å². The van der Waals surface area contributed by atoms with E-state index in [4.69, 9.17) is 11.6 Å². The molecule has 0 aliphatic rings. The maximum Gasteiger partial charge on any atom is 0.322 e. The van der Waals surface area contributed by atoms with Crippen LogP contribution in [0.5, 0.6) is 0 Å². The van der Waals surface area contributed by atoms with Crippen LogP contribution in [0.15, 0.2) is 55.0 Å². The molecule has 0 aliphatic heterocycles. The first-order chi connectivity index (χ1) is 15.8. The van der Waals surface area contributed by atoms with E-state index in [-0.39, 0.29) is 17.1 Å². The monoisotopic (exact) mass is 467 g/mol. The van der Waals surface area contributed by atoms with Crippen molar-refractivity contribution in [3.63, 3.8) is 0 Å². The number of aromatic nitrogens is 4. The number of anilines is 2. The molecule has 2 heterocycles. The fourth-order valence-electron chi connectivity index (χ4n) is 3.49. The van der Waals surface area contributed by atoms with E-state index in [2.05, 4.69) is 25.7 Å². The topological polar surface area (TPSA) is 88.0 Å². The summed E-state index contributed by atoms with van der Waals surface area (Å²) >= 11 is 5.82. The van der Waals surface area contributed by atoms with Crippen LogP contribution >= 0.6 is 11.6 Å². The average molecular weight is 468 g/mol. The van der Waals surface area contributed by atoms with Gasteiger partial charge in [-0.15, -0.1) is 0 Å². The van der Waals surface area contributed by atoms with Crippen LogP contribution in [0.2, 0.25) is 5.02 Å². The van der Waals surface area contributed by atoms with Gasteiger partial charge in [-0.1, -0.05) is 35.9 Å². The lowest BCUT2D eigenvalue weighted by Gasteiger charge is -2.27. The fourth-order valence-corrected chi connectivity index (χ4v) is 3.67. The van der Waals surface area contributed by atoms with Gasteiger partial charge in [-0.3, -0.25) is 4.68 Å². The van der Waals surface area contributed by atoms with E-state index >= 15 is 0 Å². The summed E-state index contributed by atoms with van der Waals surface area (Å²) in [6, 6.07) is 11.3. The number of carbonyl (C=O) groups excluding carboxylic acids is 1. The van der Waals surface area contributed by atoms with Gasteiger partial charge in [-0.2, -0.15) is 5.10 Å². The summed E-state index contributed by atoms with van der Waals surface area (Å²) in [5.74, 6) is 0.835. The Kier molecular flexibility index (Phi) is 6.41. The van der Waals surface area contributed by atoms with E-state index in [9.17, 15) is 9.18 Å². The largest absolute Gasteiger partial charge is 0.362 e. The third-order valence-electron chi connectivity index (χ3n) is 5.41. The summed E-state index contributed by atoms with van der Waals surface area (Å²) in [5, 5.41) is 12.2. The van der Waals surface area contributed by atoms with Gasteiger partial charge < -0.3 is 15.5 Å². The zero-order chi connectivity index (χ0) is 23.5. The number of nitrogens with one attached hydrogen (secondary N) is 2. The molecule has 4 rings (SSSR count). The Morgan fingerprint density at radius 3 is 2.67 bits per heavy atom. The highest BCUT2D eigenvalue weighted by atomic mass is 35.5. The average Bonchev–Trinajstić information content (AvgIpc) is 3.23. The van der Waals surface area contributed by atoms with Crippen molar-refractivity contribution in [2.75, 3.05) is 17.7 Å². The number of rotatable bonds is 6. The van der Waals surface area contributed by atoms with Crippen LogP contribution in [0.1, 0.15) is 24.4 Å². The van der Waals surface area contributed by atoms with E-state index < -0.39 is 5.82 Å². The number of carbonyl (C=O) groups is 1. The van der Waals surface area contributed by atoms with Crippen LogP contribution in [-0.2, 0) is 13.6 Å². The van der Waals surface area contributed by atoms with Crippen LogP contribution < -0.4 is 10.6 Å². The predicted molar refractivity (Wildman–Crippen MR) is 127 cm³/mol. The normalized spacial score (nSPS) is 11.9. The molecule has 2 amide bonds. The second kappa shape index (κ2) is 9.41. The minimum atomic E-state index is -0.540.